The predicted molar refractivity (Wildman–Crippen MR) is 77.6 cm³/mol. The smallest absolute Gasteiger partial charge is 0.268 e. The first kappa shape index (κ1) is 13.5. The van der Waals surface area contributed by atoms with Crippen molar-refractivity contribution in [3.05, 3.63) is 22.6 Å². The third-order valence-corrected chi connectivity index (χ3v) is 3.67. The molecule has 0 N–H and O–H groups in total. The van der Waals surface area contributed by atoms with Crippen LogP contribution in [0.15, 0.2) is 17.1 Å². The number of aromatic nitrogens is 2. The van der Waals surface area contributed by atoms with Gasteiger partial charge in [-0.15, -0.1) is 0 Å². The molecule has 1 fully saturated rings. The molecule has 0 radical (unpaired) electrons. The number of anilines is 1. The van der Waals surface area contributed by atoms with Crippen LogP contribution in [-0.2, 0) is 6.54 Å². The molecular weight excluding hydrogens is 246 g/mol. The molecule has 0 aromatic carbocycles. The molecule has 1 aliphatic rings. The van der Waals surface area contributed by atoms with Crippen molar-refractivity contribution in [3.63, 3.8) is 0 Å². The highest BCUT2D eigenvalue weighted by atomic mass is 32.1. The number of hydrogen-bond donors (Lipinski definition) is 1. The largest absolute Gasteiger partial charge is 0.370 e. The lowest BCUT2D eigenvalue weighted by Gasteiger charge is -2.17. The van der Waals surface area contributed by atoms with Crippen molar-refractivity contribution in [1.29, 1.82) is 0 Å². The van der Waals surface area contributed by atoms with Crippen molar-refractivity contribution in [2.45, 2.75) is 38.6 Å². The number of thiol groups is 1. The van der Waals surface area contributed by atoms with Crippen molar-refractivity contribution in [1.82, 2.24) is 9.78 Å². The number of rotatable bonds is 6. The Balaban J connectivity index is 1.94. The molecule has 1 aliphatic heterocycles. The van der Waals surface area contributed by atoms with E-state index in [1.54, 1.807) is 10.7 Å². The SMILES string of the molecule is O=c1cc(N2CCCC2)cnn1CCCCCS. The summed E-state index contributed by atoms with van der Waals surface area (Å²) in [6, 6.07) is 1.72. The second kappa shape index (κ2) is 6.83. The third kappa shape index (κ3) is 3.51. The Bertz CT molecular complexity index is 426. The summed E-state index contributed by atoms with van der Waals surface area (Å²) in [5.74, 6) is 0.913. The maximum Gasteiger partial charge on any atom is 0.268 e. The maximum absolute atomic E-state index is 11.9. The van der Waals surface area contributed by atoms with E-state index in [4.69, 9.17) is 0 Å². The molecule has 1 saturated heterocycles. The van der Waals surface area contributed by atoms with Gasteiger partial charge in [0.05, 0.1) is 11.9 Å². The van der Waals surface area contributed by atoms with Gasteiger partial charge in [0.1, 0.15) is 0 Å². The lowest BCUT2D eigenvalue weighted by molar-refractivity contribution is 0.529. The average molecular weight is 267 g/mol. The van der Waals surface area contributed by atoms with Gasteiger partial charge < -0.3 is 4.90 Å². The van der Waals surface area contributed by atoms with Crippen LogP contribution < -0.4 is 10.5 Å². The van der Waals surface area contributed by atoms with Crippen LogP contribution in [0.4, 0.5) is 5.69 Å². The van der Waals surface area contributed by atoms with Gasteiger partial charge in [-0.3, -0.25) is 4.79 Å². The normalized spacial score (nSPS) is 15.3. The third-order valence-electron chi connectivity index (χ3n) is 3.35. The van der Waals surface area contributed by atoms with Gasteiger partial charge in [-0.2, -0.15) is 17.7 Å². The summed E-state index contributed by atoms with van der Waals surface area (Å²) < 4.78 is 1.57. The Hall–Kier alpha value is -0.970. The van der Waals surface area contributed by atoms with Crippen molar-refractivity contribution in [2.75, 3.05) is 23.7 Å². The Labute approximate surface area is 113 Å². The fourth-order valence-corrected chi connectivity index (χ4v) is 2.51. The average Bonchev–Trinajstić information content (AvgIpc) is 2.90. The number of nitrogens with zero attached hydrogens (tertiary/aromatic N) is 3. The second-order valence-corrected chi connectivity index (χ2v) is 5.20. The molecule has 0 atom stereocenters. The molecule has 0 bridgehead atoms. The molecule has 0 spiro atoms. The summed E-state index contributed by atoms with van der Waals surface area (Å²) in [6.07, 6.45) is 7.46. The van der Waals surface area contributed by atoms with E-state index in [0.29, 0.717) is 6.54 Å². The first-order valence-corrected chi connectivity index (χ1v) is 7.37. The zero-order valence-electron chi connectivity index (χ0n) is 10.7. The van der Waals surface area contributed by atoms with Crippen molar-refractivity contribution < 1.29 is 0 Å². The molecule has 0 saturated carbocycles. The molecular formula is C13H21N3OS. The summed E-state index contributed by atoms with van der Waals surface area (Å²) in [4.78, 5) is 14.2. The van der Waals surface area contributed by atoms with Crippen LogP contribution in [0.2, 0.25) is 0 Å². The van der Waals surface area contributed by atoms with Crippen molar-refractivity contribution in [3.8, 4) is 0 Å². The van der Waals surface area contributed by atoms with Gasteiger partial charge in [0, 0.05) is 25.7 Å². The first-order chi connectivity index (χ1) is 8.81. The minimum absolute atomic E-state index is 0.0188. The van der Waals surface area contributed by atoms with Crippen LogP contribution in [0.25, 0.3) is 0 Å². The molecule has 4 nitrogen and oxygen atoms in total. The lowest BCUT2D eigenvalue weighted by Crippen LogP contribution is -2.26. The predicted octanol–water partition coefficient (Wildman–Crippen LogP) is 1.94. The Kier molecular flexibility index (Phi) is 5.11. The first-order valence-electron chi connectivity index (χ1n) is 6.74. The number of hydrogen-bond acceptors (Lipinski definition) is 4. The number of aryl methyl sites for hydroxylation is 1. The highest BCUT2D eigenvalue weighted by Gasteiger charge is 2.13. The second-order valence-electron chi connectivity index (χ2n) is 4.75. The Morgan fingerprint density at radius 2 is 2.00 bits per heavy atom. The molecule has 2 rings (SSSR count). The minimum Gasteiger partial charge on any atom is -0.370 e. The summed E-state index contributed by atoms with van der Waals surface area (Å²) in [5.41, 5.74) is 0.995. The molecule has 18 heavy (non-hydrogen) atoms. The summed E-state index contributed by atoms with van der Waals surface area (Å²) in [5, 5.41) is 4.26. The standard InChI is InChI=1S/C13H21N3OS/c17-13-10-12(15-6-3-4-7-15)11-14-16(13)8-2-1-5-9-18/h10-11,18H,1-9H2. The summed E-state index contributed by atoms with van der Waals surface area (Å²) in [6.45, 7) is 2.81. The van der Waals surface area contributed by atoms with Gasteiger partial charge in [0.2, 0.25) is 0 Å². The van der Waals surface area contributed by atoms with Crippen LogP contribution in [0.1, 0.15) is 32.1 Å². The van der Waals surface area contributed by atoms with Crippen LogP contribution >= 0.6 is 12.6 Å². The lowest BCUT2D eigenvalue weighted by atomic mass is 10.2. The van der Waals surface area contributed by atoms with Crippen LogP contribution in [-0.4, -0.2) is 28.6 Å². The fourth-order valence-electron chi connectivity index (χ4n) is 2.29. The van der Waals surface area contributed by atoms with Crippen LogP contribution in [0.5, 0.6) is 0 Å². The quantitative estimate of drug-likeness (QED) is 0.632. The van der Waals surface area contributed by atoms with E-state index in [-0.39, 0.29) is 5.56 Å². The van der Waals surface area contributed by atoms with Gasteiger partial charge in [-0.05, 0) is 31.4 Å². The van der Waals surface area contributed by atoms with E-state index in [1.807, 2.05) is 6.20 Å². The minimum atomic E-state index is 0.0188. The van der Waals surface area contributed by atoms with Gasteiger partial charge >= 0.3 is 0 Å². The van der Waals surface area contributed by atoms with Gasteiger partial charge in [0.25, 0.3) is 5.56 Å². The van der Waals surface area contributed by atoms with E-state index >= 15 is 0 Å². The molecule has 0 aliphatic carbocycles. The van der Waals surface area contributed by atoms with Crippen molar-refractivity contribution >= 4 is 18.3 Å². The van der Waals surface area contributed by atoms with Gasteiger partial charge in [-0.25, -0.2) is 4.68 Å². The summed E-state index contributed by atoms with van der Waals surface area (Å²) >= 11 is 4.17. The van der Waals surface area contributed by atoms with Crippen molar-refractivity contribution in [2.24, 2.45) is 0 Å². The molecule has 0 unspecified atom stereocenters. The molecule has 0 amide bonds. The van der Waals surface area contributed by atoms with E-state index in [1.165, 1.54) is 12.8 Å². The van der Waals surface area contributed by atoms with E-state index in [0.717, 1.165) is 43.8 Å². The van der Waals surface area contributed by atoms with Gasteiger partial charge in [0.15, 0.2) is 0 Å². The van der Waals surface area contributed by atoms with E-state index in [2.05, 4.69) is 22.6 Å². The van der Waals surface area contributed by atoms with Crippen LogP contribution in [0.3, 0.4) is 0 Å². The Morgan fingerprint density at radius 3 is 2.67 bits per heavy atom. The fraction of sp³-hybridized carbons (Fsp3) is 0.692. The zero-order chi connectivity index (χ0) is 12.8. The molecule has 1 aromatic heterocycles. The number of unbranched alkanes of at least 4 members (excludes halogenated alkanes) is 2. The maximum atomic E-state index is 11.9. The monoisotopic (exact) mass is 267 g/mol. The highest BCUT2D eigenvalue weighted by Crippen LogP contribution is 2.16. The molecule has 1 aromatic rings. The molecule has 5 heteroatoms. The molecule has 2 heterocycles. The van der Waals surface area contributed by atoms with Gasteiger partial charge in [-0.1, -0.05) is 6.42 Å². The van der Waals surface area contributed by atoms with Crippen LogP contribution in [0, 0.1) is 0 Å². The topological polar surface area (TPSA) is 38.1 Å². The highest BCUT2D eigenvalue weighted by molar-refractivity contribution is 7.80. The van der Waals surface area contributed by atoms with E-state index in [9.17, 15) is 4.79 Å². The van der Waals surface area contributed by atoms with E-state index < -0.39 is 0 Å². The molecule has 100 valence electrons. The summed E-state index contributed by atoms with van der Waals surface area (Å²) in [7, 11) is 0. The zero-order valence-corrected chi connectivity index (χ0v) is 11.6. The Morgan fingerprint density at radius 1 is 1.22 bits per heavy atom.